The maximum Gasteiger partial charge on any atom is 0.338 e. The van der Waals surface area contributed by atoms with E-state index in [-0.39, 0.29) is 11.6 Å². The number of hydrogen-bond acceptors (Lipinski definition) is 4. The minimum absolute atomic E-state index is 0.186. The van der Waals surface area contributed by atoms with Crippen LogP contribution >= 0.6 is 11.6 Å². The van der Waals surface area contributed by atoms with Gasteiger partial charge in [0, 0.05) is 11.6 Å². The summed E-state index contributed by atoms with van der Waals surface area (Å²) < 4.78 is 37.8. The predicted molar refractivity (Wildman–Crippen MR) is 66.7 cm³/mol. The van der Waals surface area contributed by atoms with Crippen molar-refractivity contribution in [3.05, 3.63) is 28.5 Å². The Labute approximate surface area is 114 Å². The van der Waals surface area contributed by atoms with Crippen molar-refractivity contribution in [3.8, 4) is 0 Å². The van der Waals surface area contributed by atoms with Gasteiger partial charge >= 0.3 is 5.97 Å². The molecule has 1 rings (SSSR count). The molecule has 0 aliphatic carbocycles. The zero-order valence-electron chi connectivity index (χ0n) is 9.93. The predicted octanol–water partition coefficient (Wildman–Crippen LogP) is 1.58. The second kappa shape index (κ2) is 5.85. The lowest BCUT2D eigenvalue weighted by molar-refractivity contribution is 0.0691. The molecule has 1 aromatic rings. The average Bonchev–Trinajstić information content (AvgIpc) is 2.30. The summed E-state index contributed by atoms with van der Waals surface area (Å²) in [4.78, 5) is 10.0. The Morgan fingerprint density at radius 3 is 2.53 bits per heavy atom. The first-order valence-electron chi connectivity index (χ1n) is 5.25. The Balaban J connectivity index is 3.39. The van der Waals surface area contributed by atoms with Crippen LogP contribution in [0.15, 0.2) is 17.0 Å². The molecule has 0 bridgehead atoms. The third kappa shape index (κ3) is 3.65. The van der Waals surface area contributed by atoms with Crippen LogP contribution in [0.5, 0.6) is 0 Å². The van der Waals surface area contributed by atoms with E-state index in [1.54, 1.807) is 0 Å². The zero-order chi connectivity index (χ0) is 14.8. The molecular formula is C11H12ClFO5S. The van der Waals surface area contributed by atoms with Crippen LogP contribution in [-0.4, -0.2) is 37.0 Å². The second-order valence-corrected chi connectivity index (χ2v) is 6.58. The van der Waals surface area contributed by atoms with Crippen LogP contribution in [0.4, 0.5) is 4.39 Å². The molecule has 1 aromatic carbocycles. The quantitative estimate of drug-likeness (QED) is 0.861. The van der Waals surface area contributed by atoms with Crippen molar-refractivity contribution < 1.29 is 27.8 Å². The van der Waals surface area contributed by atoms with Gasteiger partial charge in [0.25, 0.3) is 0 Å². The number of carboxylic acid groups (broad SMARTS) is 1. The summed E-state index contributed by atoms with van der Waals surface area (Å²) in [5.74, 6) is -4.05. The number of aliphatic hydroxyl groups excluding tert-OH is 1. The third-order valence-corrected chi connectivity index (χ3v) is 4.58. The average molecular weight is 311 g/mol. The Morgan fingerprint density at radius 2 is 2.05 bits per heavy atom. The molecule has 0 spiro atoms. The van der Waals surface area contributed by atoms with Crippen LogP contribution in [0, 0.1) is 11.7 Å². The van der Waals surface area contributed by atoms with E-state index >= 15 is 0 Å². The molecule has 0 saturated carbocycles. The summed E-state index contributed by atoms with van der Waals surface area (Å²) in [7, 11) is -4.06. The van der Waals surface area contributed by atoms with Crippen molar-refractivity contribution >= 4 is 27.4 Å². The van der Waals surface area contributed by atoms with Crippen LogP contribution in [0.2, 0.25) is 5.02 Å². The topological polar surface area (TPSA) is 91.7 Å². The van der Waals surface area contributed by atoms with Crippen molar-refractivity contribution in [2.45, 2.75) is 11.8 Å². The van der Waals surface area contributed by atoms with Gasteiger partial charge in [0.2, 0.25) is 0 Å². The standard InChI is InChI=1S/C11H12ClFO5S/c1-6(4-14)5-19(17,18)9-3-7(12)2-8(10(9)13)11(15)16/h2-3,6,14H,4-5H2,1H3,(H,15,16). The molecule has 5 nitrogen and oxygen atoms in total. The van der Waals surface area contributed by atoms with Crippen LogP contribution < -0.4 is 0 Å². The fourth-order valence-corrected chi connectivity index (χ4v) is 3.47. The van der Waals surface area contributed by atoms with E-state index in [1.165, 1.54) is 6.92 Å². The SMILES string of the molecule is CC(CO)CS(=O)(=O)c1cc(Cl)cc(C(=O)O)c1F. The first-order chi connectivity index (χ1) is 8.69. The van der Waals surface area contributed by atoms with E-state index < -0.39 is 43.8 Å². The van der Waals surface area contributed by atoms with Gasteiger partial charge in [-0.1, -0.05) is 18.5 Å². The van der Waals surface area contributed by atoms with E-state index in [0.717, 1.165) is 12.1 Å². The monoisotopic (exact) mass is 310 g/mol. The van der Waals surface area contributed by atoms with Gasteiger partial charge in [-0.3, -0.25) is 0 Å². The normalized spacial score (nSPS) is 13.3. The summed E-state index contributed by atoms with van der Waals surface area (Å²) in [5.41, 5.74) is -0.803. The van der Waals surface area contributed by atoms with Crippen LogP contribution in [0.1, 0.15) is 17.3 Å². The number of sulfone groups is 1. The summed E-state index contributed by atoms with van der Waals surface area (Å²) in [6.45, 7) is 1.09. The number of aromatic carboxylic acids is 1. The molecule has 0 aliphatic heterocycles. The fraction of sp³-hybridized carbons (Fsp3) is 0.364. The summed E-state index contributed by atoms with van der Waals surface area (Å²) in [6.07, 6.45) is 0. The van der Waals surface area contributed by atoms with E-state index in [0.29, 0.717) is 0 Å². The largest absolute Gasteiger partial charge is 0.478 e. The lowest BCUT2D eigenvalue weighted by Crippen LogP contribution is -2.19. The van der Waals surface area contributed by atoms with Gasteiger partial charge in [-0.05, 0) is 18.1 Å². The first kappa shape index (κ1) is 15.9. The van der Waals surface area contributed by atoms with Gasteiger partial charge in [0.1, 0.15) is 4.90 Å². The molecular weight excluding hydrogens is 299 g/mol. The highest BCUT2D eigenvalue weighted by atomic mass is 35.5. The van der Waals surface area contributed by atoms with Gasteiger partial charge in [-0.25, -0.2) is 17.6 Å². The summed E-state index contributed by atoms with van der Waals surface area (Å²) in [5, 5.41) is 17.4. The molecule has 106 valence electrons. The van der Waals surface area contributed by atoms with Crippen LogP contribution in [-0.2, 0) is 9.84 Å². The molecule has 0 saturated heterocycles. The number of benzene rings is 1. The van der Waals surface area contributed by atoms with Gasteiger partial charge in [-0.2, -0.15) is 0 Å². The van der Waals surface area contributed by atoms with Crippen molar-refractivity contribution in [2.75, 3.05) is 12.4 Å². The highest BCUT2D eigenvalue weighted by Crippen LogP contribution is 2.25. The minimum atomic E-state index is -4.06. The van der Waals surface area contributed by atoms with Gasteiger partial charge in [0.15, 0.2) is 15.7 Å². The molecule has 0 radical (unpaired) electrons. The zero-order valence-corrected chi connectivity index (χ0v) is 11.5. The molecule has 19 heavy (non-hydrogen) atoms. The number of halogens is 2. The highest BCUT2D eigenvalue weighted by molar-refractivity contribution is 7.91. The van der Waals surface area contributed by atoms with Crippen molar-refractivity contribution in [1.29, 1.82) is 0 Å². The van der Waals surface area contributed by atoms with E-state index in [4.69, 9.17) is 21.8 Å². The maximum absolute atomic E-state index is 13.9. The molecule has 2 N–H and O–H groups in total. The Hall–Kier alpha value is -1.18. The smallest absolute Gasteiger partial charge is 0.338 e. The molecule has 0 heterocycles. The summed E-state index contributed by atoms with van der Waals surface area (Å²) in [6, 6.07) is 1.70. The Morgan fingerprint density at radius 1 is 1.47 bits per heavy atom. The maximum atomic E-state index is 13.9. The van der Waals surface area contributed by atoms with Crippen LogP contribution in [0.25, 0.3) is 0 Å². The molecule has 0 aliphatic rings. The van der Waals surface area contributed by atoms with Gasteiger partial charge in [-0.15, -0.1) is 0 Å². The van der Waals surface area contributed by atoms with Crippen LogP contribution in [0.3, 0.4) is 0 Å². The Bertz CT molecular complexity index is 599. The lowest BCUT2D eigenvalue weighted by atomic mass is 10.2. The van der Waals surface area contributed by atoms with E-state index in [2.05, 4.69) is 0 Å². The fourth-order valence-electron chi connectivity index (χ4n) is 1.46. The number of rotatable bonds is 5. The second-order valence-electron chi connectivity index (χ2n) is 4.14. The molecule has 8 heteroatoms. The molecule has 1 unspecified atom stereocenters. The molecule has 0 aromatic heterocycles. The number of aliphatic hydroxyl groups is 1. The van der Waals surface area contributed by atoms with Gasteiger partial charge < -0.3 is 10.2 Å². The third-order valence-electron chi connectivity index (χ3n) is 2.39. The molecule has 1 atom stereocenters. The molecule has 0 amide bonds. The first-order valence-corrected chi connectivity index (χ1v) is 7.28. The van der Waals surface area contributed by atoms with Crippen molar-refractivity contribution in [3.63, 3.8) is 0 Å². The number of carboxylic acids is 1. The minimum Gasteiger partial charge on any atom is -0.478 e. The van der Waals surface area contributed by atoms with E-state index in [9.17, 15) is 17.6 Å². The Kier molecular flexibility index (Phi) is 4.89. The van der Waals surface area contributed by atoms with Gasteiger partial charge in [0.05, 0.1) is 11.3 Å². The van der Waals surface area contributed by atoms with E-state index in [1.807, 2.05) is 0 Å². The highest BCUT2D eigenvalue weighted by Gasteiger charge is 2.26. The molecule has 0 fully saturated rings. The van der Waals surface area contributed by atoms with Crippen molar-refractivity contribution in [2.24, 2.45) is 5.92 Å². The lowest BCUT2D eigenvalue weighted by Gasteiger charge is -2.11. The number of carbonyl (C=O) groups is 1. The number of hydrogen-bond donors (Lipinski definition) is 2. The summed E-state index contributed by atoms with van der Waals surface area (Å²) >= 11 is 5.60. The van der Waals surface area contributed by atoms with Crippen molar-refractivity contribution in [1.82, 2.24) is 0 Å².